The zero-order valence-corrected chi connectivity index (χ0v) is 18.5. The largest absolute Gasteiger partial charge is 0.393 e. The minimum absolute atomic E-state index is 0.216. The highest BCUT2D eigenvalue weighted by Crippen LogP contribution is 2.18. The molecule has 6 heteroatoms. The lowest BCUT2D eigenvalue weighted by atomic mass is 10.0. The van der Waals surface area contributed by atoms with Crippen LogP contribution in [0.3, 0.4) is 0 Å². The van der Waals surface area contributed by atoms with Crippen LogP contribution < -0.4 is 0 Å². The van der Waals surface area contributed by atoms with Gasteiger partial charge in [-0.1, -0.05) is 89.7 Å². The summed E-state index contributed by atoms with van der Waals surface area (Å²) in [7, 11) is 0. The third kappa shape index (κ3) is 13.3. The Bertz CT molecular complexity index is 552. The predicted octanol–water partition coefficient (Wildman–Crippen LogP) is 5.57. The third-order valence-electron chi connectivity index (χ3n) is 5.26. The summed E-state index contributed by atoms with van der Waals surface area (Å²) in [6, 6.07) is 0. The number of unbranched alkanes of at least 4 members (excludes halogenated alkanes) is 12. The number of carbonyl (C=O) groups excluding carboxylic acids is 4. The van der Waals surface area contributed by atoms with E-state index in [0.717, 1.165) is 6.42 Å². The topological polar surface area (TPSA) is 86.7 Å². The van der Waals surface area contributed by atoms with Gasteiger partial charge in [0, 0.05) is 0 Å². The molecule has 0 amide bonds. The Kier molecular flexibility index (Phi) is 14.6. The van der Waals surface area contributed by atoms with Gasteiger partial charge in [-0.25, -0.2) is 0 Å². The Morgan fingerprint density at radius 2 is 1.20 bits per heavy atom. The number of hydrogen-bond acceptors (Lipinski definition) is 6. The molecule has 0 N–H and O–H groups in total. The van der Waals surface area contributed by atoms with Crippen molar-refractivity contribution in [2.75, 3.05) is 0 Å². The van der Waals surface area contributed by atoms with Gasteiger partial charge in [-0.05, 0) is 12.8 Å². The van der Waals surface area contributed by atoms with Crippen molar-refractivity contribution < 1.29 is 28.7 Å². The summed E-state index contributed by atoms with van der Waals surface area (Å²) in [6.07, 6.45) is 21.8. The van der Waals surface area contributed by atoms with E-state index in [1.807, 2.05) is 12.2 Å². The fourth-order valence-corrected chi connectivity index (χ4v) is 3.44. The SMILES string of the molecule is CCCCCCCCCCCCCCC=CC1CC(=O)OC1=O.O=C1CCC(=O)O1. The van der Waals surface area contributed by atoms with Crippen LogP contribution in [0.25, 0.3) is 0 Å². The zero-order valence-electron chi connectivity index (χ0n) is 18.5. The monoisotopic (exact) mass is 422 g/mol. The highest BCUT2D eigenvalue weighted by molar-refractivity contribution is 5.95. The second-order valence-electron chi connectivity index (χ2n) is 8.06. The first-order valence-corrected chi connectivity index (χ1v) is 11.7. The van der Waals surface area contributed by atoms with Crippen molar-refractivity contribution in [3.63, 3.8) is 0 Å². The molecule has 0 aliphatic carbocycles. The van der Waals surface area contributed by atoms with E-state index in [9.17, 15) is 19.2 Å². The molecule has 2 rings (SSSR count). The number of esters is 4. The first kappa shape index (κ1) is 26.1. The molecule has 1 atom stereocenters. The minimum Gasteiger partial charge on any atom is -0.393 e. The van der Waals surface area contributed by atoms with E-state index in [1.54, 1.807) is 0 Å². The molecule has 0 bridgehead atoms. The van der Waals surface area contributed by atoms with Gasteiger partial charge in [0.25, 0.3) is 0 Å². The van der Waals surface area contributed by atoms with Crippen molar-refractivity contribution in [1.29, 1.82) is 0 Å². The van der Waals surface area contributed by atoms with E-state index in [4.69, 9.17) is 0 Å². The van der Waals surface area contributed by atoms with Crippen molar-refractivity contribution in [3.8, 4) is 0 Å². The van der Waals surface area contributed by atoms with Gasteiger partial charge in [0.15, 0.2) is 0 Å². The maximum absolute atomic E-state index is 11.3. The average Bonchev–Trinajstić information content (AvgIpc) is 3.25. The normalized spacial score (nSPS) is 18.5. The van der Waals surface area contributed by atoms with Crippen LogP contribution in [0.2, 0.25) is 0 Å². The number of rotatable bonds is 14. The highest BCUT2D eigenvalue weighted by atomic mass is 16.6. The van der Waals surface area contributed by atoms with Crippen LogP contribution in [0.15, 0.2) is 12.2 Å². The smallest absolute Gasteiger partial charge is 0.321 e. The molecule has 0 saturated carbocycles. The number of ether oxygens (including phenoxy) is 2. The van der Waals surface area contributed by atoms with Crippen molar-refractivity contribution in [3.05, 3.63) is 12.2 Å². The number of allylic oxidation sites excluding steroid dienone is 1. The summed E-state index contributed by atoms with van der Waals surface area (Å²) in [6.45, 7) is 2.26. The van der Waals surface area contributed by atoms with E-state index in [2.05, 4.69) is 16.4 Å². The van der Waals surface area contributed by atoms with Crippen LogP contribution >= 0.6 is 0 Å². The first-order chi connectivity index (χ1) is 14.5. The lowest BCUT2D eigenvalue weighted by Crippen LogP contribution is -2.03. The summed E-state index contributed by atoms with van der Waals surface area (Å²) in [5, 5.41) is 0. The predicted molar refractivity (Wildman–Crippen MR) is 114 cm³/mol. The molecule has 170 valence electrons. The van der Waals surface area contributed by atoms with Gasteiger partial charge in [0.1, 0.15) is 0 Å². The summed E-state index contributed by atoms with van der Waals surface area (Å²) in [5.74, 6) is -1.91. The zero-order chi connectivity index (χ0) is 22.0. The molecular weight excluding hydrogens is 384 g/mol. The molecule has 2 heterocycles. The van der Waals surface area contributed by atoms with Gasteiger partial charge in [-0.3, -0.25) is 19.2 Å². The summed E-state index contributed by atoms with van der Waals surface area (Å²) in [5.41, 5.74) is 0. The third-order valence-corrected chi connectivity index (χ3v) is 5.26. The molecule has 6 nitrogen and oxygen atoms in total. The van der Waals surface area contributed by atoms with Gasteiger partial charge in [0.05, 0.1) is 25.2 Å². The molecule has 0 spiro atoms. The first-order valence-electron chi connectivity index (χ1n) is 11.7. The second kappa shape index (κ2) is 16.8. The van der Waals surface area contributed by atoms with Crippen molar-refractivity contribution in [2.24, 2.45) is 5.92 Å². The van der Waals surface area contributed by atoms with Crippen LogP contribution in [-0.2, 0) is 28.7 Å². The molecule has 2 aliphatic rings. The summed E-state index contributed by atoms with van der Waals surface area (Å²) >= 11 is 0. The van der Waals surface area contributed by atoms with Crippen molar-refractivity contribution in [1.82, 2.24) is 0 Å². The van der Waals surface area contributed by atoms with E-state index >= 15 is 0 Å². The Labute approximate surface area is 180 Å². The Morgan fingerprint density at radius 1 is 0.700 bits per heavy atom. The van der Waals surface area contributed by atoms with E-state index < -0.39 is 17.9 Å². The molecule has 0 aromatic rings. The molecular formula is C24H38O6. The number of hydrogen-bond donors (Lipinski definition) is 0. The van der Waals surface area contributed by atoms with E-state index in [-0.39, 0.29) is 31.1 Å². The number of carbonyl (C=O) groups is 4. The van der Waals surface area contributed by atoms with Crippen LogP contribution in [0, 0.1) is 5.92 Å². The van der Waals surface area contributed by atoms with Crippen molar-refractivity contribution >= 4 is 23.9 Å². The summed E-state index contributed by atoms with van der Waals surface area (Å²) in [4.78, 5) is 42.2. The van der Waals surface area contributed by atoms with Crippen LogP contribution in [0.4, 0.5) is 0 Å². The number of cyclic esters (lactones) is 4. The van der Waals surface area contributed by atoms with Gasteiger partial charge >= 0.3 is 23.9 Å². The maximum atomic E-state index is 11.3. The summed E-state index contributed by atoms with van der Waals surface area (Å²) < 4.78 is 8.60. The van der Waals surface area contributed by atoms with Crippen molar-refractivity contribution in [2.45, 2.75) is 110 Å². The molecule has 1 unspecified atom stereocenters. The lowest BCUT2D eigenvalue weighted by molar-refractivity contribution is -0.154. The average molecular weight is 423 g/mol. The van der Waals surface area contributed by atoms with Crippen LogP contribution in [0.5, 0.6) is 0 Å². The van der Waals surface area contributed by atoms with Gasteiger partial charge < -0.3 is 9.47 Å². The van der Waals surface area contributed by atoms with E-state index in [0.29, 0.717) is 0 Å². The molecule has 0 aromatic heterocycles. The lowest BCUT2D eigenvalue weighted by Gasteiger charge is -2.02. The Hall–Kier alpha value is -1.98. The second-order valence-corrected chi connectivity index (χ2v) is 8.06. The minimum atomic E-state index is -0.398. The molecule has 0 radical (unpaired) electrons. The quantitative estimate of drug-likeness (QED) is 0.157. The van der Waals surface area contributed by atoms with Gasteiger partial charge in [0.2, 0.25) is 0 Å². The van der Waals surface area contributed by atoms with E-state index in [1.165, 1.54) is 77.0 Å². The fourth-order valence-electron chi connectivity index (χ4n) is 3.44. The highest BCUT2D eigenvalue weighted by Gasteiger charge is 2.30. The Balaban J connectivity index is 0.000000539. The molecule has 2 aliphatic heterocycles. The maximum Gasteiger partial charge on any atom is 0.321 e. The Morgan fingerprint density at radius 3 is 1.60 bits per heavy atom. The van der Waals surface area contributed by atoms with Gasteiger partial charge in [-0.15, -0.1) is 0 Å². The van der Waals surface area contributed by atoms with Crippen LogP contribution in [0.1, 0.15) is 110 Å². The fraction of sp³-hybridized carbons (Fsp3) is 0.750. The molecule has 0 aromatic carbocycles. The standard InChI is InChI=1S/C20H34O3.C4H4O3/c1-2-3-4-5-6-7-8-9-10-11-12-13-14-15-16-18-17-19(21)23-20(18)22;5-3-1-2-4(6)7-3/h15-16,18H,2-14,17H2,1H3;1-2H2. The molecule has 2 fully saturated rings. The molecule has 30 heavy (non-hydrogen) atoms. The van der Waals surface area contributed by atoms with Crippen LogP contribution in [-0.4, -0.2) is 23.9 Å². The molecule has 2 saturated heterocycles. The van der Waals surface area contributed by atoms with Gasteiger partial charge in [-0.2, -0.15) is 0 Å².